The van der Waals surface area contributed by atoms with Crippen molar-refractivity contribution in [3.63, 3.8) is 0 Å². The molecule has 1 aromatic rings. The molecule has 2 heterocycles. The molecule has 0 spiro atoms. The first-order valence-corrected chi connectivity index (χ1v) is 6.30. The van der Waals surface area contributed by atoms with Crippen LogP contribution in [0.2, 0.25) is 0 Å². The third kappa shape index (κ3) is 3.10. The van der Waals surface area contributed by atoms with Gasteiger partial charge in [0.15, 0.2) is 0 Å². The minimum atomic E-state index is -0.505. The second-order valence-corrected chi connectivity index (χ2v) is 5.60. The first-order chi connectivity index (χ1) is 8.90. The maximum absolute atomic E-state index is 12.0. The number of amides is 1. The number of carbonyl (C=O) groups is 2. The van der Waals surface area contributed by atoms with E-state index in [2.05, 4.69) is 4.98 Å². The molecule has 102 valence electrons. The second kappa shape index (κ2) is 4.99. The Morgan fingerprint density at radius 2 is 2.21 bits per heavy atom. The van der Waals surface area contributed by atoms with Gasteiger partial charge in [0.2, 0.25) is 0 Å². The van der Waals surface area contributed by atoms with Gasteiger partial charge in [-0.1, -0.05) is 0 Å². The highest BCUT2D eigenvalue weighted by molar-refractivity contribution is 5.78. The van der Waals surface area contributed by atoms with Crippen LogP contribution in [0.25, 0.3) is 0 Å². The van der Waals surface area contributed by atoms with Crippen molar-refractivity contribution in [3.8, 4) is 0 Å². The number of hydrogen-bond acceptors (Lipinski definition) is 4. The SMILES string of the molecule is CC(C)(C)OC(=O)N1CCc2c(C=O)ccnc2C1. The van der Waals surface area contributed by atoms with E-state index in [9.17, 15) is 9.59 Å². The lowest BCUT2D eigenvalue weighted by molar-refractivity contribution is 0.0221. The quantitative estimate of drug-likeness (QED) is 0.728. The molecule has 0 bridgehead atoms. The van der Waals surface area contributed by atoms with E-state index in [4.69, 9.17) is 4.74 Å². The number of pyridine rings is 1. The van der Waals surface area contributed by atoms with Gasteiger partial charge in [0, 0.05) is 18.3 Å². The molecule has 19 heavy (non-hydrogen) atoms. The Kier molecular flexibility index (Phi) is 3.55. The minimum Gasteiger partial charge on any atom is -0.444 e. The van der Waals surface area contributed by atoms with E-state index in [1.54, 1.807) is 17.2 Å². The molecule has 1 aromatic heterocycles. The number of rotatable bonds is 1. The average molecular weight is 262 g/mol. The Morgan fingerprint density at radius 1 is 1.47 bits per heavy atom. The summed E-state index contributed by atoms with van der Waals surface area (Å²) in [4.78, 5) is 28.8. The van der Waals surface area contributed by atoms with Crippen molar-refractivity contribution in [2.45, 2.75) is 39.3 Å². The van der Waals surface area contributed by atoms with Gasteiger partial charge < -0.3 is 9.64 Å². The lowest BCUT2D eigenvalue weighted by Gasteiger charge is -2.31. The van der Waals surface area contributed by atoms with E-state index in [0.717, 1.165) is 17.5 Å². The van der Waals surface area contributed by atoms with E-state index in [-0.39, 0.29) is 6.09 Å². The summed E-state index contributed by atoms with van der Waals surface area (Å²) in [6.07, 6.45) is 2.73. The first kappa shape index (κ1) is 13.5. The normalized spacial score (nSPS) is 14.8. The third-order valence-corrected chi connectivity index (χ3v) is 2.93. The number of nitrogens with zero attached hydrogens (tertiary/aromatic N) is 2. The van der Waals surface area contributed by atoms with Crippen molar-refractivity contribution in [3.05, 3.63) is 29.1 Å². The zero-order chi connectivity index (χ0) is 14.0. The van der Waals surface area contributed by atoms with Gasteiger partial charge in [-0.25, -0.2) is 4.79 Å². The van der Waals surface area contributed by atoms with Crippen LogP contribution in [-0.2, 0) is 17.7 Å². The van der Waals surface area contributed by atoms with E-state index in [1.807, 2.05) is 20.8 Å². The molecule has 5 nitrogen and oxygen atoms in total. The predicted octanol–water partition coefficient (Wildman–Crippen LogP) is 2.19. The van der Waals surface area contributed by atoms with Gasteiger partial charge in [0.05, 0.1) is 12.2 Å². The summed E-state index contributed by atoms with van der Waals surface area (Å²) in [5.41, 5.74) is 1.88. The molecule has 0 aromatic carbocycles. The molecule has 0 radical (unpaired) electrons. The van der Waals surface area contributed by atoms with Crippen LogP contribution in [0.5, 0.6) is 0 Å². The standard InChI is InChI=1S/C14H18N2O3/c1-14(2,3)19-13(18)16-7-5-11-10(9-17)4-6-15-12(11)8-16/h4,6,9H,5,7-8H2,1-3H3. The Bertz CT molecular complexity index is 506. The highest BCUT2D eigenvalue weighted by atomic mass is 16.6. The first-order valence-electron chi connectivity index (χ1n) is 6.30. The molecule has 1 amide bonds. The van der Waals surface area contributed by atoms with Crippen molar-refractivity contribution in [1.29, 1.82) is 0 Å². The van der Waals surface area contributed by atoms with Gasteiger partial charge in [0.1, 0.15) is 11.9 Å². The highest BCUT2D eigenvalue weighted by Crippen LogP contribution is 2.21. The molecule has 2 rings (SSSR count). The van der Waals surface area contributed by atoms with E-state index < -0.39 is 5.60 Å². The van der Waals surface area contributed by atoms with Crippen molar-refractivity contribution < 1.29 is 14.3 Å². The van der Waals surface area contributed by atoms with Crippen molar-refractivity contribution in [2.24, 2.45) is 0 Å². The summed E-state index contributed by atoms with van der Waals surface area (Å²) in [5.74, 6) is 0. The van der Waals surface area contributed by atoms with Crippen LogP contribution in [0.1, 0.15) is 42.4 Å². The van der Waals surface area contributed by atoms with E-state index in [1.165, 1.54) is 0 Å². The molecule has 0 atom stereocenters. The smallest absolute Gasteiger partial charge is 0.410 e. The zero-order valence-electron chi connectivity index (χ0n) is 11.5. The molecule has 0 fully saturated rings. The number of aldehydes is 1. The summed E-state index contributed by atoms with van der Waals surface area (Å²) in [6, 6.07) is 1.70. The van der Waals surface area contributed by atoms with Gasteiger partial charge >= 0.3 is 6.09 Å². The lowest BCUT2D eigenvalue weighted by Crippen LogP contribution is -2.40. The fourth-order valence-electron chi connectivity index (χ4n) is 2.08. The van der Waals surface area contributed by atoms with Crippen LogP contribution in [0.3, 0.4) is 0 Å². The van der Waals surface area contributed by atoms with E-state index >= 15 is 0 Å². The average Bonchev–Trinajstić information content (AvgIpc) is 2.35. The molecular weight excluding hydrogens is 244 g/mol. The maximum Gasteiger partial charge on any atom is 0.410 e. The second-order valence-electron chi connectivity index (χ2n) is 5.60. The largest absolute Gasteiger partial charge is 0.444 e. The lowest BCUT2D eigenvalue weighted by atomic mass is 10.0. The van der Waals surface area contributed by atoms with Crippen molar-refractivity contribution in [2.75, 3.05) is 6.54 Å². The molecule has 1 aliphatic heterocycles. The van der Waals surface area contributed by atoms with Gasteiger partial charge in [0.25, 0.3) is 0 Å². The van der Waals surface area contributed by atoms with Crippen LogP contribution in [0, 0.1) is 0 Å². The Balaban J connectivity index is 2.15. The summed E-state index contributed by atoms with van der Waals surface area (Å²) >= 11 is 0. The van der Waals surface area contributed by atoms with Gasteiger partial charge in [-0.2, -0.15) is 0 Å². The van der Waals surface area contributed by atoms with Crippen LogP contribution in [0.15, 0.2) is 12.3 Å². The Morgan fingerprint density at radius 3 is 2.84 bits per heavy atom. The van der Waals surface area contributed by atoms with Crippen LogP contribution in [-0.4, -0.2) is 34.4 Å². The minimum absolute atomic E-state index is 0.337. The molecular formula is C14H18N2O3. The molecule has 0 aliphatic carbocycles. The number of aromatic nitrogens is 1. The fraction of sp³-hybridized carbons (Fsp3) is 0.500. The van der Waals surface area contributed by atoms with Crippen molar-refractivity contribution in [1.82, 2.24) is 9.88 Å². The number of hydrogen-bond donors (Lipinski definition) is 0. The third-order valence-electron chi connectivity index (χ3n) is 2.93. The number of fused-ring (bicyclic) bond motifs is 1. The molecule has 0 unspecified atom stereocenters. The number of carbonyl (C=O) groups excluding carboxylic acids is 2. The Labute approximate surface area is 112 Å². The van der Waals surface area contributed by atoms with E-state index in [0.29, 0.717) is 25.1 Å². The maximum atomic E-state index is 12.0. The zero-order valence-corrected chi connectivity index (χ0v) is 11.5. The molecule has 0 N–H and O–H groups in total. The van der Waals surface area contributed by atoms with Crippen LogP contribution < -0.4 is 0 Å². The monoisotopic (exact) mass is 262 g/mol. The fourth-order valence-corrected chi connectivity index (χ4v) is 2.08. The summed E-state index contributed by atoms with van der Waals surface area (Å²) in [7, 11) is 0. The predicted molar refractivity (Wildman–Crippen MR) is 70.0 cm³/mol. The van der Waals surface area contributed by atoms with Crippen LogP contribution >= 0.6 is 0 Å². The van der Waals surface area contributed by atoms with Gasteiger partial charge in [-0.15, -0.1) is 0 Å². The molecule has 0 saturated carbocycles. The highest BCUT2D eigenvalue weighted by Gasteiger charge is 2.27. The van der Waals surface area contributed by atoms with Gasteiger partial charge in [-0.3, -0.25) is 9.78 Å². The summed E-state index contributed by atoms with van der Waals surface area (Å²) in [5, 5.41) is 0. The van der Waals surface area contributed by atoms with Gasteiger partial charge in [-0.05, 0) is 38.8 Å². The topological polar surface area (TPSA) is 59.5 Å². The number of ether oxygens (including phenoxy) is 1. The van der Waals surface area contributed by atoms with Crippen molar-refractivity contribution >= 4 is 12.4 Å². The molecule has 1 aliphatic rings. The molecule has 5 heteroatoms. The summed E-state index contributed by atoms with van der Waals surface area (Å²) < 4.78 is 5.34. The molecule has 0 saturated heterocycles. The van der Waals surface area contributed by atoms with Crippen LogP contribution in [0.4, 0.5) is 4.79 Å². The Hall–Kier alpha value is -1.91. The summed E-state index contributed by atoms with van der Waals surface area (Å²) in [6.45, 7) is 6.46.